The van der Waals surface area contributed by atoms with Crippen molar-refractivity contribution in [2.75, 3.05) is 6.26 Å². The predicted octanol–water partition coefficient (Wildman–Crippen LogP) is 1.07. The first kappa shape index (κ1) is 12.4. The number of nitrogens with two attached hydrogens (primary N) is 1. The second kappa shape index (κ2) is 3.70. The molecular weight excluding hydrogens is 260 g/mol. The summed E-state index contributed by atoms with van der Waals surface area (Å²) in [6.45, 7) is 0. The van der Waals surface area contributed by atoms with Gasteiger partial charge in [0.25, 0.3) is 0 Å². The average molecular weight is 271 g/mol. The van der Waals surface area contributed by atoms with Crippen LogP contribution >= 0.6 is 11.6 Å². The Bertz CT molecular complexity index is 591. The van der Waals surface area contributed by atoms with Crippen molar-refractivity contribution in [1.29, 1.82) is 5.26 Å². The maximum Gasteiger partial charge on any atom is 0.153 e. The van der Waals surface area contributed by atoms with Crippen molar-refractivity contribution < 1.29 is 8.42 Å². The predicted molar refractivity (Wildman–Crippen MR) is 65.4 cm³/mol. The van der Waals surface area contributed by atoms with Crippen LogP contribution < -0.4 is 5.73 Å². The molecule has 17 heavy (non-hydrogen) atoms. The van der Waals surface area contributed by atoms with Gasteiger partial charge in [-0.3, -0.25) is 0 Å². The lowest BCUT2D eigenvalue weighted by atomic mass is 10.1. The third kappa shape index (κ3) is 1.93. The summed E-state index contributed by atoms with van der Waals surface area (Å²) in [5, 5.41) is 8.75. The highest BCUT2D eigenvalue weighted by molar-refractivity contribution is 7.91. The fourth-order valence-electron chi connectivity index (χ4n) is 2.23. The van der Waals surface area contributed by atoms with E-state index in [0.29, 0.717) is 5.02 Å². The molecule has 1 fully saturated rings. The number of rotatable bonds is 2. The van der Waals surface area contributed by atoms with E-state index in [-0.39, 0.29) is 0 Å². The van der Waals surface area contributed by atoms with Crippen LogP contribution in [0.5, 0.6) is 0 Å². The number of benzene rings is 1. The number of hydrogen-bond donors (Lipinski definition) is 1. The van der Waals surface area contributed by atoms with Crippen molar-refractivity contribution >= 4 is 21.4 Å². The lowest BCUT2D eigenvalue weighted by Gasteiger charge is -2.00. The minimum Gasteiger partial charge on any atom is -0.312 e. The van der Waals surface area contributed by atoms with E-state index in [1.165, 1.54) is 0 Å². The summed E-state index contributed by atoms with van der Waals surface area (Å²) in [4.78, 5) is 0. The quantitative estimate of drug-likeness (QED) is 0.871. The molecule has 6 heteroatoms. The third-order valence-electron chi connectivity index (χ3n) is 3.06. The van der Waals surface area contributed by atoms with E-state index in [9.17, 15) is 8.42 Å². The fraction of sp³-hybridized carbons (Fsp3) is 0.364. The maximum absolute atomic E-state index is 11.6. The van der Waals surface area contributed by atoms with E-state index in [4.69, 9.17) is 22.6 Å². The molecule has 0 saturated heterocycles. The van der Waals surface area contributed by atoms with Crippen molar-refractivity contribution in [3.63, 3.8) is 0 Å². The second-order valence-corrected chi connectivity index (χ2v) is 6.93. The second-order valence-electron chi connectivity index (χ2n) is 4.32. The molecule has 1 aliphatic rings. The van der Waals surface area contributed by atoms with Gasteiger partial charge in [0.2, 0.25) is 0 Å². The lowest BCUT2D eigenvalue weighted by Crippen LogP contribution is -2.28. The Morgan fingerprint density at radius 1 is 1.41 bits per heavy atom. The zero-order valence-corrected chi connectivity index (χ0v) is 10.7. The van der Waals surface area contributed by atoms with Crippen molar-refractivity contribution in [3.05, 3.63) is 34.9 Å². The Balaban J connectivity index is 2.42. The summed E-state index contributed by atoms with van der Waals surface area (Å²) < 4.78 is 23.1. The SMILES string of the molecule is CS(=O)(=O)[C@@H]1[C@H](c2ccc(Cl)cc2)[C@@]1(N)C#N. The first-order valence-electron chi connectivity index (χ1n) is 4.95. The average Bonchev–Trinajstić information content (AvgIpc) is 2.87. The largest absolute Gasteiger partial charge is 0.312 e. The van der Waals surface area contributed by atoms with E-state index in [0.717, 1.165) is 11.8 Å². The van der Waals surface area contributed by atoms with Gasteiger partial charge in [-0.05, 0) is 17.7 Å². The molecule has 1 aromatic carbocycles. The van der Waals surface area contributed by atoms with Gasteiger partial charge in [-0.1, -0.05) is 23.7 Å². The first-order valence-corrected chi connectivity index (χ1v) is 7.28. The molecule has 3 atom stereocenters. The normalized spacial score (nSPS) is 31.9. The zero-order chi connectivity index (χ0) is 12.8. The van der Waals surface area contributed by atoms with Crippen LogP contribution in [0.1, 0.15) is 11.5 Å². The fourth-order valence-corrected chi connectivity index (χ4v) is 4.06. The highest BCUT2D eigenvalue weighted by Gasteiger charge is 2.69. The molecule has 0 bridgehead atoms. The van der Waals surface area contributed by atoms with Gasteiger partial charge in [-0.25, -0.2) is 8.42 Å². The molecule has 90 valence electrons. The van der Waals surface area contributed by atoms with Crippen LogP contribution in [0.2, 0.25) is 5.02 Å². The highest BCUT2D eigenvalue weighted by Crippen LogP contribution is 2.53. The van der Waals surface area contributed by atoms with E-state index >= 15 is 0 Å². The molecular formula is C11H11ClN2O2S. The van der Waals surface area contributed by atoms with Crippen LogP contribution in [-0.4, -0.2) is 25.5 Å². The van der Waals surface area contributed by atoms with Crippen molar-refractivity contribution in [1.82, 2.24) is 0 Å². The van der Waals surface area contributed by atoms with Crippen molar-refractivity contribution in [3.8, 4) is 6.07 Å². The highest BCUT2D eigenvalue weighted by atomic mass is 35.5. The Morgan fingerprint density at radius 3 is 2.29 bits per heavy atom. The molecule has 2 rings (SSSR count). The third-order valence-corrected chi connectivity index (χ3v) is 4.90. The smallest absolute Gasteiger partial charge is 0.153 e. The van der Waals surface area contributed by atoms with Gasteiger partial charge in [0.05, 0.1) is 6.07 Å². The van der Waals surface area contributed by atoms with Gasteiger partial charge in [-0.2, -0.15) is 5.26 Å². The summed E-state index contributed by atoms with van der Waals surface area (Å²) in [7, 11) is -3.34. The molecule has 2 N–H and O–H groups in total. The van der Waals surface area contributed by atoms with E-state index in [1.54, 1.807) is 24.3 Å². The van der Waals surface area contributed by atoms with Crippen LogP contribution in [0, 0.1) is 11.3 Å². The molecule has 1 aliphatic carbocycles. The summed E-state index contributed by atoms with van der Waals surface area (Å²) in [5.74, 6) is -0.472. The van der Waals surface area contributed by atoms with Crippen molar-refractivity contribution in [2.24, 2.45) is 5.73 Å². The van der Waals surface area contributed by atoms with Gasteiger partial charge in [0.15, 0.2) is 9.84 Å². The minimum atomic E-state index is -3.34. The van der Waals surface area contributed by atoms with Crippen LogP contribution in [0.25, 0.3) is 0 Å². The standard InChI is InChI=1S/C11H11ClN2O2S/c1-17(15,16)10-9(11(10,14)6-13)7-2-4-8(12)5-3-7/h2-5,9-10H,14H2,1H3/t9-,10+,11-/m0/s1. The van der Waals surface area contributed by atoms with Crippen LogP contribution in [0.4, 0.5) is 0 Å². The number of nitrogens with zero attached hydrogens (tertiary/aromatic N) is 1. The molecule has 1 saturated carbocycles. The maximum atomic E-state index is 11.6. The lowest BCUT2D eigenvalue weighted by molar-refractivity contribution is 0.597. The summed E-state index contributed by atoms with van der Waals surface area (Å²) in [6.07, 6.45) is 1.10. The molecule has 0 unspecified atom stereocenters. The molecule has 0 heterocycles. The van der Waals surface area contributed by atoms with Crippen LogP contribution in [0.3, 0.4) is 0 Å². The van der Waals surface area contributed by atoms with Crippen molar-refractivity contribution in [2.45, 2.75) is 16.7 Å². The summed E-state index contributed by atoms with van der Waals surface area (Å²) in [6, 6.07) is 8.63. The van der Waals surface area contributed by atoms with Crippen LogP contribution in [-0.2, 0) is 9.84 Å². The monoisotopic (exact) mass is 270 g/mol. The summed E-state index contributed by atoms with van der Waals surface area (Å²) in [5.41, 5.74) is 5.23. The van der Waals surface area contributed by atoms with Gasteiger partial charge in [0.1, 0.15) is 10.8 Å². The number of hydrogen-bond acceptors (Lipinski definition) is 4. The molecule has 0 aromatic heterocycles. The number of nitriles is 1. The molecule has 0 amide bonds. The molecule has 0 radical (unpaired) electrons. The van der Waals surface area contributed by atoms with E-state index < -0.39 is 26.5 Å². The number of halogens is 1. The van der Waals surface area contributed by atoms with Gasteiger partial charge >= 0.3 is 0 Å². The van der Waals surface area contributed by atoms with Gasteiger partial charge in [-0.15, -0.1) is 0 Å². The Hall–Kier alpha value is -1.09. The number of sulfone groups is 1. The molecule has 0 aliphatic heterocycles. The first-order chi connectivity index (χ1) is 7.80. The topological polar surface area (TPSA) is 83.9 Å². The van der Waals surface area contributed by atoms with Gasteiger partial charge in [0, 0.05) is 17.2 Å². The molecule has 1 aromatic rings. The zero-order valence-electron chi connectivity index (χ0n) is 9.09. The minimum absolute atomic E-state index is 0.472. The Labute approximate surface area is 105 Å². The molecule has 0 spiro atoms. The van der Waals surface area contributed by atoms with Gasteiger partial charge < -0.3 is 5.73 Å². The Morgan fingerprint density at radius 2 is 1.94 bits per heavy atom. The summed E-state index contributed by atoms with van der Waals surface area (Å²) >= 11 is 5.75. The van der Waals surface area contributed by atoms with E-state index in [1.807, 2.05) is 6.07 Å². The van der Waals surface area contributed by atoms with Crippen LogP contribution in [0.15, 0.2) is 24.3 Å². The Kier molecular flexibility index (Phi) is 2.69. The molecule has 4 nitrogen and oxygen atoms in total. The van der Waals surface area contributed by atoms with E-state index in [2.05, 4.69) is 0 Å².